The lowest BCUT2D eigenvalue weighted by atomic mass is 9.99. The fourth-order valence-electron chi connectivity index (χ4n) is 2.10. The monoisotopic (exact) mass is 282 g/mol. The van der Waals surface area contributed by atoms with E-state index in [0.29, 0.717) is 25.2 Å². The first-order valence-corrected chi connectivity index (χ1v) is 6.20. The van der Waals surface area contributed by atoms with Crippen molar-refractivity contribution in [2.45, 2.75) is 18.4 Å². The smallest absolute Gasteiger partial charge is 0.235 e. The molecule has 2 aromatic rings. The van der Waals surface area contributed by atoms with Crippen LogP contribution < -0.4 is 0 Å². The molecule has 0 radical (unpaired) electrons. The summed E-state index contributed by atoms with van der Waals surface area (Å²) in [7, 11) is 0. The normalized spacial score (nSPS) is 22.9. The lowest BCUT2D eigenvalue weighted by Crippen LogP contribution is -2.30. The molecule has 106 valence electrons. The van der Waals surface area contributed by atoms with Crippen LogP contribution in [0.4, 0.5) is 8.78 Å². The van der Waals surface area contributed by atoms with E-state index in [4.69, 9.17) is 9.26 Å². The highest BCUT2D eigenvalue weighted by molar-refractivity contribution is 5.54. The van der Waals surface area contributed by atoms with Gasteiger partial charge in [0.25, 0.3) is 0 Å². The van der Waals surface area contributed by atoms with Crippen molar-refractivity contribution in [2.24, 2.45) is 0 Å². The minimum Gasteiger partial charge on any atom is -0.392 e. The van der Waals surface area contributed by atoms with Crippen LogP contribution in [-0.4, -0.2) is 34.6 Å². The molecule has 1 aliphatic rings. The van der Waals surface area contributed by atoms with E-state index in [0.717, 1.165) is 12.1 Å². The van der Waals surface area contributed by atoms with Crippen LogP contribution in [0.25, 0.3) is 11.4 Å². The first-order valence-electron chi connectivity index (χ1n) is 6.20. The van der Waals surface area contributed by atoms with Gasteiger partial charge in [0, 0.05) is 12.2 Å². The number of halogens is 2. The number of ether oxygens (including phenoxy) is 1. The van der Waals surface area contributed by atoms with E-state index in [9.17, 15) is 13.9 Å². The van der Waals surface area contributed by atoms with Crippen LogP contribution in [0, 0.1) is 11.6 Å². The Morgan fingerprint density at radius 1 is 1.25 bits per heavy atom. The molecule has 0 bridgehead atoms. The Hall–Kier alpha value is -1.86. The van der Waals surface area contributed by atoms with E-state index in [1.54, 1.807) is 0 Å². The predicted octanol–water partition coefficient (Wildman–Crippen LogP) is 1.88. The van der Waals surface area contributed by atoms with Gasteiger partial charge in [0.05, 0.1) is 18.6 Å². The van der Waals surface area contributed by atoms with Gasteiger partial charge in [-0.15, -0.1) is 0 Å². The van der Waals surface area contributed by atoms with Gasteiger partial charge in [0.2, 0.25) is 11.7 Å². The Kier molecular flexibility index (Phi) is 3.45. The molecule has 5 nitrogen and oxygen atoms in total. The van der Waals surface area contributed by atoms with Crippen LogP contribution >= 0.6 is 0 Å². The number of rotatable bonds is 2. The molecule has 1 aliphatic heterocycles. The van der Waals surface area contributed by atoms with Crippen LogP contribution in [0.2, 0.25) is 0 Å². The molecule has 1 aromatic carbocycles. The molecule has 2 heterocycles. The maximum Gasteiger partial charge on any atom is 0.235 e. The first-order chi connectivity index (χ1) is 9.65. The van der Waals surface area contributed by atoms with Gasteiger partial charge < -0.3 is 14.4 Å². The van der Waals surface area contributed by atoms with E-state index in [2.05, 4.69) is 10.1 Å². The second-order valence-electron chi connectivity index (χ2n) is 4.62. The Bertz CT molecular complexity index is 617. The van der Waals surface area contributed by atoms with E-state index >= 15 is 0 Å². The molecule has 0 saturated carbocycles. The van der Waals surface area contributed by atoms with Crippen LogP contribution in [-0.2, 0) is 4.74 Å². The Morgan fingerprint density at radius 3 is 2.85 bits per heavy atom. The van der Waals surface area contributed by atoms with Gasteiger partial charge >= 0.3 is 0 Å². The Labute approximate surface area is 113 Å². The minimum absolute atomic E-state index is 0.150. The molecule has 0 amide bonds. The van der Waals surface area contributed by atoms with Crippen molar-refractivity contribution in [3.63, 3.8) is 0 Å². The van der Waals surface area contributed by atoms with E-state index < -0.39 is 23.7 Å². The van der Waals surface area contributed by atoms with Crippen LogP contribution in [0.3, 0.4) is 0 Å². The van der Waals surface area contributed by atoms with Crippen molar-refractivity contribution < 1.29 is 23.1 Å². The third kappa shape index (κ3) is 2.41. The van der Waals surface area contributed by atoms with Crippen molar-refractivity contribution in [3.8, 4) is 11.4 Å². The molecule has 0 aliphatic carbocycles. The number of aromatic nitrogens is 2. The fourth-order valence-corrected chi connectivity index (χ4v) is 2.10. The van der Waals surface area contributed by atoms with Crippen molar-refractivity contribution >= 4 is 0 Å². The standard InChI is InChI=1S/C13H12F2N2O3/c14-9-2-1-7(5-10(9)15)12-16-13(20-17-12)8-6-19-4-3-11(8)18/h1-2,5,8,11,18H,3-4,6H2. The van der Waals surface area contributed by atoms with Crippen LogP contribution in [0.15, 0.2) is 22.7 Å². The Morgan fingerprint density at radius 2 is 2.10 bits per heavy atom. The summed E-state index contributed by atoms with van der Waals surface area (Å²) in [6.45, 7) is 0.780. The molecule has 1 fully saturated rings. The molecule has 2 unspecified atom stereocenters. The third-order valence-corrected chi connectivity index (χ3v) is 3.26. The number of hydrogen-bond donors (Lipinski definition) is 1. The summed E-state index contributed by atoms with van der Waals surface area (Å²) in [5.74, 6) is -1.92. The molecule has 1 aromatic heterocycles. The zero-order valence-electron chi connectivity index (χ0n) is 10.4. The number of aliphatic hydroxyl groups excluding tert-OH is 1. The quantitative estimate of drug-likeness (QED) is 0.910. The lowest BCUT2D eigenvalue weighted by molar-refractivity contribution is -0.0149. The molecule has 7 heteroatoms. The van der Waals surface area contributed by atoms with Crippen molar-refractivity contribution in [3.05, 3.63) is 35.7 Å². The summed E-state index contributed by atoms with van der Waals surface area (Å²) < 4.78 is 36.4. The SMILES string of the molecule is OC1CCOCC1c1nc(-c2ccc(F)c(F)c2)no1. The predicted molar refractivity (Wildman–Crippen MR) is 63.8 cm³/mol. The number of nitrogens with zero attached hydrogens (tertiary/aromatic N) is 2. The van der Waals surface area contributed by atoms with Gasteiger partial charge in [-0.05, 0) is 24.6 Å². The summed E-state index contributed by atoms with van der Waals surface area (Å²) in [5.41, 5.74) is 0.310. The van der Waals surface area contributed by atoms with Crippen molar-refractivity contribution in [2.75, 3.05) is 13.2 Å². The molecule has 1 saturated heterocycles. The summed E-state index contributed by atoms with van der Waals surface area (Å²) in [4.78, 5) is 4.12. The maximum absolute atomic E-state index is 13.2. The zero-order valence-corrected chi connectivity index (χ0v) is 10.4. The van der Waals surface area contributed by atoms with Crippen LogP contribution in [0.1, 0.15) is 18.2 Å². The molecule has 3 rings (SSSR count). The average molecular weight is 282 g/mol. The van der Waals surface area contributed by atoms with Gasteiger partial charge in [-0.2, -0.15) is 4.98 Å². The second-order valence-corrected chi connectivity index (χ2v) is 4.62. The highest BCUT2D eigenvalue weighted by Gasteiger charge is 2.30. The lowest BCUT2D eigenvalue weighted by Gasteiger charge is -2.24. The van der Waals surface area contributed by atoms with Crippen molar-refractivity contribution in [1.82, 2.24) is 10.1 Å². The molecule has 1 N–H and O–H groups in total. The highest BCUT2D eigenvalue weighted by atomic mass is 19.2. The van der Waals surface area contributed by atoms with E-state index in [1.807, 2.05) is 0 Å². The largest absolute Gasteiger partial charge is 0.392 e. The molecular formula is C13H12F2N2O3. The number of aliphatic hydroxyl groups is 1. The number of hydrogen-bond acceptors (Lipinski definition) is 5. The number of benzene rings is 1. The van der Waals surface area contributed by atoms with Gasteiger partial charge in [-0.3, -0.25) is 0 Å². The van der Waals surface area contributed by atoms with E-state index in [1.165, 1.54) is 6.07 Å². The second kappa shape index (κ2) is 5.26. The van der Waals surface area contributed by atoms with Gasteiger partial charge in [-0.25, -0.2) is 8.78 Å². The van der Waals surface area contributed by atoms with Gasteiger partial charge in [0.1, 0.15) is 0 Å². The third-order valence-electron chi connectivity index (χ3n) is 3.26. The summed E-state index contributed by atoms with van der Waals surface area (Å²) in [6, 6.07) is 3.36. The van der Waals surface area contributed by atoms with E-state index in [-0.39, 0.29) is 11.7 Å². The summed E-state index contributed by atoms with van der Waals surface area (Å²) >= 11 is 0. The maximum atomic E-state index is 13.2. The highest BCUT2D eigenvalue weighted by Crippen LogP contribution is 2.27. The minimum atomic E-state index is -0.977. The molecule has 2 atom stereocenters. The first kappa shape index (κ1) is 13.1. The van der Waals surface area contributed by atoms with Gasteiger partial charge in [0.15, 0.2) is 11.6 Å². The Balaban J connectivity index is 1.87. The van der Waals surface area contributed by atoms with Crippen molar-refractivity contribution in [1.29, 1.82) is 0 Å². The average Bonchev–Trinajstić information content (AvgIpc) is 2.92. The fraction of sp³-hybridized carbons (Fsp3) is 0.385. The van der Waals surface area contributed by atoms with Gasteiger partial charge in [-0.1, -0.05) is 5.16 Å². The molecule has 0 spiro atoms. The molecular weight excluding hydrogens is 270 g/mol. The topological polar surface area (TPSA) is 68.4 Å². The summed E-state index contributed by atoms with van der Waals surface area (Å²) in [6.07, 6.45) is -0.116. The zero-order chi connectivity index (χ0) is 14.1. The molecule has 20 heavy (non-hydrogen) atoms. The van der Waals surface area contributed by atoms with Crippen LogP contribution in [0.5, 0.6) is 0 Å². The summed E-state index contributed by atoms with van der Waals surface area (Å²) in [5, 5.41) is 13.6.